The van der Waals surface area contributed by atoms with Gasteiger partial charge in [0.2, 0.25) is 0 Å². The van der Waals surface area contributed by atoms with Crippen LogP contribution in [0.25, 0.3) is 0 Å². The summed E-state index contributed by atoms with van der Waals surface area (Å²) in [5.41, 5.74) is 6.35. The van der Waals surface area contributed by atoms with Crippen LogP contribution in [-0.4, -0.2) is 27.0 Å². The van der Waals surface area contributed by atoms with Crippen LogP contribution < -0.4 is 5.73 Å². The Hall–Kier alpha value is -1.31. The summed E-state index contributed by atoms with van der Waals surface area (Å²) >= 11 is 3.96. The highest BCUT2D eigenvalue weighted by Crippen LogP contribution is 2.30. The molecular formula is C11H16N2O4S. The molecule has 1 aromatic carbocycles. The quantitative estimate of drug-likeness (QED) is 0.279. The topological polar surface area (TPSA) is 110 Å². The number of nitrogens with two attached hydrogens (primary N) is 1. The van der Waals surface area contributed by atoms with Crippen molar-refractivity contribution in [2.75, 3.05) is 11.5 Å². The van der Waals surface area contributed by atoms with Crippen molar-refractivity contribution in [1.82, 2.24) is 0 Å². The molecule has 0 spiro atoms. The molecule has 1 aromatic rings. The molecule has 1 rings (SSSR count). The Kier molecular flexibility index (Phi) is 4.94. The molecular weight excluding hydrogens is 256 g/mol. The molecule has 0 saturated carbocycles. The van der Waals surface area contributed by atoms with Gasteiger partial charge in [0.1, 0.15) is 6.10 Å². The van der Waals surface area contributed by atoms with Crippen LogP contribution in [0.3, 0.4) is 0 Å². The van der Waals surface area contributed by atoms with Gasteiger partial charge in [-0.25, -0.2) is 0 Å². The fraction of sp³-hybridized carbons (Fsp3) is 0.455. The number of nitro benzene ring substituents is 1. The van der Waals surface area contributed by atoms with Crippen LogP contribution in [0, 0.1) is 17.0 Å². The molecule has 4 N–H and O–H groups in total. The Balaban J connectivity index is 3.11. The number of anilines is 1. The SMILES string of the molecule is Cc1cc(C(O)C(O)CCS)c(N)cc1[N+](=O)[O-]. The average Bonchev–Trinajstić information content (AvgIpc) is 2.30. The smallest absolute Gasteiger partial charge is 0.274 e. The van der Waals surface area contributed by atoms with Gasteiger partial charge in [-0.05, 0) is 25.2 Å². The minimum atomic E-state index is -1.17. The van der Waals surface area contributed by atoms with E-state index in [1.165, 1.54) is 12.1 Å². The first-order chi connectivity index (χ1) is 8.38. The van der Waals surface area contributed by atoms with Gasteiger partial charge in [-0.1, -0.05) is 0 Å². The van der Waals surface area contributed by atoms with Gasteiger partial charge in [-0.2, -0.15) is 12.6 Å². The lowest BCUT2D eigenvalue weighted by molar-refractivity contribution is -0.385. The predicted molar refractivity (Wildman–Crippen MR) is 71.7 cm³/mol. The second-order valence-electron chi connectivity index (χ2n) is 4.05. The second kappa shape index (κ2) is 6.03. The highest BCUT2D eigenvalue weighted by Gasteiger charge is 2.23. The molecule has 6 nitrogen and oxygen atoms in total. The number of rotatable bonds is 5. The summed E-state index contributed by atoms with van der Waals surface area (Å²) in [6.45, 7) is 1.55. The van der Waals surface area contributed by atoms with Crippen LogP contribution in [-0.2, 0) is 0 Å². The lowest BCUT2D eigenvalue weighted by Gasteiger charge is -2.19. The van der Waals surface area contributed by atoms with Gasteiger partial charge >= 0.3 is 0 Å². The van der Waals surface area contributed by atoms with Crippen molar-refractivity contribution in [2.24, 2.45) is 0 Å². The zero-order valence-electron chi connectivity index (χ0n) is 9.91. The Labute approximate surface area is 110 Å². The Morgan fingerprint density at radius 3 is 2.61 bits per heavy atom. The molecule has 0 bridgehead atoms. The Bertz CT molecular complexity index is 453. The van der Waals surface area contributed by atoms with E-state index < -0.39 is 17.1 Å². The number of thiol groups is 1. The van der Waals surface area contributed by atoms with E-state index in [0.29, 0.717) is 23.3 Å². The summed E-state index contributed by atoms with van der Waals surface area (Å²) in [4.78, 5) is 10.2. The fourth-order valence-electron chi connectivity index (χ4n) is 1.69. The number of hydrogen-bond acceptors (Lipinski definition) is 6. The lowest BCUT2D eigenvalue weighted by atomic mass is 9.98. The normalized spacial score (nSPS) is 14.2. The summed E-state index contributed by atoms with van der Waals surface area (Å²) in [6.07, 6.45) is -1.86. The highest BCUT2D eigenvalue weighted by atomic mass is 32.1. The maximum Gasteiger partial charge on any atom is 0.274 e. The first-order valence-corrected chi connectivity index (χ1v) is 6.03. The molecule has 0 radical (unpaired) electrons. The highest BCUT2D eigenvalue weighted by molar-refractivity contribution is 7.80. The molecule has 18 heavy (non-hydrogen) atoms. The molecule has 0 fully saturated rings. The number of nitrogen functional groups attached to an aromatic ring is 1. The van der Waals surface area contributed by atoms with Crippen molar-refractivity contribution >= 4 is 24.0 Å². The van der Waals surface area contributed by atoms with Gasteiger partial charge in [0, 0.05) is 22.9 Å². The van der Waals surface area contributed by atoms with Crippen LogP contribution in [0.1, 0.15) is 23.7 Å². The van der Waals surface area contributed by atoms with Crippen molar-refractivity contribution in [1.29, 1.82) is 0 Å². The Morgan fingerprint density at radius 1 is 1.50 bits per heavy atom. The van der Waals surface area contributed by atoms with Crippen LogP contribution in [0.2, 0.25) is 0 Å². The zero-order chi connectivity index (χ0) is 13.9. The van der Waals surface area contributed by atoms with Crippen molar-refractivity contribution in [3.8, 4) is 0 Å². The van der Waals surface area contributed by atoms with Crippen molar-refractivity contribution in [2.45, 2.75) is 25.6 Å². The molecule has 2 atom stereocenters. The minimum absolute atomic E-state index is 0.0954. The monoisotopic (exact) mass is 272 g/mol. The second-order valence-corrected chi connectivity index (χ2v) is 4.50. The van der Waals surface area contributed by atoms with E-state index >= 15 is 0 Å². The number of aliphatic hydroxyl groups excluding tert-OH is 2. The van der Waals surface area contributed by atoms with E-state index in [2.05, 4.69) is 12.6 Å². The van der Waals surface area contributed by atoms with Gasteiger partial charge in [-0.3, -0.25) is 10.1 Å². The number of hydrogen-bond donors (Lipinski definition) is 4. The summed E-state index contributed by atoms with van der Waals surface area (Å²) in [6, 6.07) is 2.63. The number of benzene rings is 1. The Morgan fingerprint density at radius 2 is 2.11 bits per heavy atom. The standard InChI is InChI=1S/C11H16N2O4S/c1-6-4-7(11(15)10(14)2-3-18)8(12)5-9(6)13(16)17/h4-5,10-11,14-15,18H,2-3,12H2,1H3. The molecule has 0 saturated heterocycles. The van der Waals surface area contributed by atoms with E-state index in [0.717, 1.165) is 0 Å². The van der Waals surface area contributed by atoms with Gasteiger partial charge in [0.05, 0.1) is 11.0 Å². The molecule has 100 valence electrons. The number of nitrogens with zero attached hydrogens (tertiary/aromatic N) is 1. The third-order valence-electron chi connectivity index (χ3n) is 2.71. The molecule has 0 amide bonds. The number of nitro groups is 1. The summed E-state index contributed by atoms with van der Waals surface area (Å²) in [7, 11) is 0. The van der Waals surface area contributed by atoms with E-state index in [9.17, 15) is 20.3 Å². The number of aryl methyl sites for hydroxylation is 1. The molecule has 0 aromatic heterocycles. The maximum absolute atomic E-state index is 10.7. The van der Waals surface area contributed by atoms with Crippen molar-refractivity contribution in [3.05, 3.63) is 33.4 Å². The first-order valence-electron chi connectivity index (χ1n) is 5.40. The van der Waals surface area contributed by atoms with E-state index in [1.807, 2.05) is 0 Å². The third-order valence-corrected chi connectivity index (χ3v) is 2.96. The fourth-order valence-corrected chi connectivity index (χ4v) is 1.95. The third kappa shape index (κ3) is 3.12. The van der Waals surface area contributed by atoms with E-state index in [1.54, 1.807) is 6.92 Å². The number of aliphatic hydroxyl groups is 2. The molecule has 0 aliphatic carbocycles. The first kappa shape index (κ1) is 14.7. The summed E-state index contributed by atoms with van der Waals surface area (Å²) in [5, 5.41) is 30.3. The van der Waals surface area contributed by atoms with E-state index in [-0.39, 0.29) is 11.4 Å². The minimum Gasteiger partial charge on any atom is -0.398 e. The summed E-state index contributed by atoms with van der Waals surface area (Å²) < 4.78 is 0. The largest absolute Gasteiger partial charge is 0.398 e. The van der Waals surface area contributed by atoms with Crippen molar-refractivity contribution < 1.29 is 15.1 Å². The predicted octanol–water partition coefficient (Wildman–Crippen LogP) is 1.20. The van der Waals surface area contributed by atoms with E-state index in [4.69, 9.17) is 5.73 Å². The molecule has 0 aliphatic heterocycles. The van der Waals surface area contributed by atoms with Gasteiger partial charge < -0.3 is 15.9 Å². The molecule has 0 aliphatic rings. The lowest BCUT2D eigenvalue weighted by Crippen LogP contribution is -2.20. The zero-order valence-corrected chi connectivity index (χ0v) is 10.8. The summed E-state index contributed by atoms with van der Waals surface area (Å²) in [5.74, 6) is 0.421. The van der Waals surface area contributed by atoms with Gasteiger partial charge in [-0.15, -0.1) is 0 Å². The van der Waals surface area contributed by atoms with Gasteiger partial charge in [0.15, 0.2) is 0 Å². The van der Waals surface area contributed by atoms with Crippen LogP contribution in [0.15, 0.2) is 12.1 Å². The van der Waals surface area contributed by atoms with Crippen LogP contribution >= 0.6 is 12.6 Å². The van der Waals surface area contributed by atoms with Crippen LogP contribution in [0.5, 0.6) is 0 Å². The van der Waals surface area contributed by atoms with Crippen molar-refractivity contribution in [3.63, 3.8) is 0 Å². The molecule has 2 unspecified atom stereocenters. The van der Waals surface area contributed by atoms with Crippen LogP contribution in [0.4, 0.5) is 11.4 Å². The molecule has 7 heteroatoms. The maximum atomic E-state index is 10.7. The molecule has 0 heterocycles. The average molecular weight is 272 g/mol. The van der Waals surface area contributed by atoms with Gasteiger partial charge in [0.25, 0.3) is 5.69 Å².